The van der Waals surface area contributed by atoms with E-state index in [2.05, 4.69) is 10.3 Å². The first-order valence-electron chi connectivity index (χ1n) is 12.5. The van der Waals surface area contributed by atoms with Gasteiger partial charge in [0.15, 0.2) is 0 Å². The molecule has 0 radical (unpaired) electrons. The number of fused-ring (bicyclic) bond motifs is 1. The lowest BCUT2D eigenvalue weighted by Gasteiger charge is -2.12. The van der Waals surface area contributed by atoms with Gasteiger partial charge in [-0.1, -0.05) is 6.07 Å². The van der Waals surface area contributed by atoms with E-state index in [1.807, 2.05) is 0 Å². The number of hydrogen-bond donors (Lipinski definition) is 1. The molecule has 0 unspecified atom stereocenters. The minimum absolute atomic E-state index is 0.0463. The molecule has 0 fully saturated rings. The minimum atomic E-state index is -4.28. The van der Waals surface area contributed by atoms with E-state index in [4.69, 9.17) is 8.60 Å². The van der Waals surface area contributed by atoms with Crippen LogP contribution in [0.4, 0.5) is 10.7 Å². The summed E-state index contributed by atoms with van der Waals surface area (Å²) in [5.74, 6) is 0.505. The zero-order valence-corrected chi connectivity index (χ0v) is 23.1. The van der Waals surface area contributed by atoms with Crippen molar-refractivity contribution in [3.05, 3.63) is 104 Å². The number of furan rings is 1. The number of aliphatic imine (C=N–C) groups is 1. The van der Waals surface area contributed by atoms with Gasteiger partial charge in [0, 0.05) is 22.7 Å². The summed E-state index contributed by atoms with van der Waals surface area (Å²) in [4.78, 5) is 29.2. The number of rotatable bonds is 9. The molecule has 5 rings (SSSR count). The Hall–Kier alpha value is -4.29. The molecule has 0 saturated carbocycles. The number of carbonyl (C=O) groups is 1. The first-order valence-corrected chi connectivity index (χ1v) is 14.7. The molecular weight excluding hydrogens is 554 g/mol. The number of carbonyl (C=O) groups excluding carboxylic acids is 1. The van der Waals surface area contributed by atoms with Gasteiger partial charge >= 0.3 is 10.1 Å². The van der Waals surface area contributed by atoms with Gasteiger partial charge in [0.25, 0.3) is 11.6 Å². The van der Waals surface area contributed by atoms with Crippen molar-refractivity contribution in [2.75, 3.05) is 0 Å². The topological polar surface area (TPSA) is 141 Å². The van der Waals surface area contributed by atoms with Gasteiger partial charge in [-0.25, -0.2) is 4.99 Å². The van der Waals surface area contributed by atoms with Gasteiger partial charge in [0.2, 0.25) is 0 Å². The van der Waals surface area contributed by atoms with Gasteiger partial charge in [0.05, 0.1) is 23.3 Å². The predicted octanol–water partition coefficient (Wildman–Crippen LogP) is 5.88. The summed E-state index contributed by atoms with van der Waals surface area (Å²) in [6.45, 7) is 1.80. The van der Waals surface area contributed by atoms with Crippen LogP contribution in [-0.4, -0.2) is 25.5 Å². The van der Waals surface area contributed by atoms with Crippen LogP contribution in [0.5, 0.6) is 5.75 Å². The third kappa shape index (κ3) is 5.97. The maximum Gasteiger partial charge on any atom is 0.339 e. The quantitative estimate of drug-likeness (QED) is 0.113. The number of hydrogen-bond acceptors (Lipinski definition) is 9. The molecule has 2 aromatic heterocycles. The van der Waals surface area contributed by atoms with Crippen molar-refractivity contribution in [3.8, 4) is 5.75 Å². The summed E-state index contributed by atoms with van der Waals surface area (Å²) < 4.78 is 35.9. The molecule has 1 aliphatic rings. The lowest BCUT2D eigenvalue weighted by molar-refractivity contribution is -0.385. The minimum Gasteiger partial charge on any atom is -0.467 e. The zero-order valence-electron chi connectivity index (χ0n) is 21.5. The highest BCUT2D eigenvalue weighted by molar-refractivity contribution is 7.87. The lowest BCUT2D eigenvalue weighted by atomic mass is 9.95. The van der Waals surface area contributed by atoms with Crippen molar-refractivity contribution in [1.29, 1.82) is 0 Å². The second-order valence-electron chi connectivity index (χ2n) is 9.22. The van der Waals surface area contributed by atoms with Crippen LogP contribution in [0.3, 0.4) is 0 Å². The molecule has 0 saturated heterocycles. The number of nitrogens with one attached hydrogen (secondary N) is 1. The Balaban J connectivity index is 1.33. The SMILES string of the molecule is Cc1ccc(S(=O)(=O)Oc2ccc(C=Nc3sc4c(c3C(=O)NCc3ccco3)CCCC4)cc2)cc1[N+](=O)[O-]. The maximum absolute atomic E-state index is 13.1. The first kappa shape index (κ1) is 27.3. The molecule has 12 heteroatoms. The van der Waals surface area contributed by atoms with Gasteiger partial charge in [-0.2, -0.15) is 8.42 Å². The Labute approximate surface area is 234 Å². The zero-order chi connectivity index (χ0) is 28.3. The van der Waals surface area contributed by atoms with Gasteiger partial charge in [-0.3, -0.25) is 14.9 Å². The Bertz CT molecular complexity index is 1690. The molecule has 0 spiro atoms. The fraction of sp³-hybridized carbons (Fsp3) is 0.214. The first-order chi connectivity index (χ1) is 19.2. The summed E-state index contributed by atoms with van der Waals surface area (Å²) in [5, 5.41) is 14.7. The Morgan fingerprint density at radius 3 is 2.67 bits per heavy atom. The molecule has 10 nitrogen and oxygen atoms in total. The van der Waals surface area contributed by atoms with Crippen LogP contribution in [0.15, 0.2) is 75.2 Å². The number of thiophene rings is 1. The second-order valence-corrected chi connectivity index (χ2v) is 11.9. The smallest absolute Gasteiger partial charge is 0.339 e. The average Bonchev–Trinajstić information content (AvgIpc) is 3.59. The van der Waals surface area contributed by atoms with Crippen LogP contribution in [-0.2, 0) is 29.5 Å². The van der Waals surface area contributed by atoms with Crippen molar-refractivity contribution in [1.82, 2.24) is 5.32 Å². The fourth-order valence-corrected chi connectivity index (χ4v) is 6.59. The number of amides is 1. The van der Waals surface area contributed by atoms with Gasteiger partial charge in [0.1, 0.15) is 21.4 Å². The van der Waals surface area contributed by atoms with E-state index in [9.17, 15) is 23.3 Å². The highest BCUT2D eigenvalue weighted by atomic mass is 32.2. The van der Waals surface area contributed by atoms with Crippen LogP contribution in [0, 0.1) is 17.0 Å². The molecule has 2 aromatic carbocycles. The third-order valence-corrected chi connectivity index (χ3v) is 8.91. The molecule has 0 aliphatic heterocycles. The summed E-state index contributed by atoms with van der Waals surface area (Å²) in [5.41, 5.74) is 2.34. The van der Waals surface area contributed by atoms with E-state index in [-0.39, 0.29) is 28.8 Å². The molecular formula is C28H25N3O7S2. The van der Waals surface area contributed by atoms with Crippen LogP contribution in [0.2, 0.25) is 0 Å². The summed E-state index contributed by atoms with van der Waals surface area (Å²) in [6, 6.07) is 13.4. The summed E-state index contributed by atoms with van der Waals surface area (Å²) in [6.07, 6.45) is 7.01. The lowest BCUT2D eigenvalue weighted by Crippen LogP contribution is -2.23. The van der Waals surface area contributed by atoms with Gasteiger partial charge in [-0.05, 0) is 86.2 Å². The van der Waals surface area contributed by atoms with E-state index in [1.165, 1.54) is 47.4 Å². The number of benzene rings is 2. The number of aryl methyl sites for hydroxylation is 2. The molecule has 2 heterocycles. The second kappa shape index (κ2) is 11.4. The summed E-state index contributed by atoms with van der Waals surface area (Å²) in [7, 11) is -4.28. The molecule has 4 aromatic rings. The van der Waals surface area contributed by atoms with Crippen LogP contribution in [0.25, 0.3) is 0 Å². The van der Waals surface area contributed by atoms with Crippen LogP contribution >= 0.6 is 11.3 Å². The van der Waals surface area contributed by atoms with Crippen molar-refractivity contribution in [2.24, 2.45) is 4.99 Å². The fourth-order valence-electron chi connectivity index (χ4n) is 4.40. The van der Waals surface area contributed by atoms with E-state index < -0.39 is 15.0 Å². The van der Waals surface area contributed by atoms with Crippen LogP contribution < -0.4 is 9.50 Å². The Morgan fingerprint density at radius 1 is 1.18 bits per heavy atom. The predicted molar refractivity (Wildman–Crippen MR) is 150 cm³/mol. The summed E-state index contributed by atoms with van der Waals surface area (Å²) >= 11 is 1.51. The van der Waals surface area contributed by atoms with Crippen molar-refractivity contribution < 1.29 is 26.7 Å². The number of nitro groups is 1. The van der Waals surface area contributed by atoms with E-state index >= 15 is 0 Å². The monoisotopic (exact) mass is 579 g/mol. The largest absolute Gasteiger partial charge is 0.467 e. The number of nitro benzene ring substituents is 1. The van der Waals surface area contributed by atoms with E-state index in [0.29, 0.717) is 27.5 Å². The molecule has 40 heavy (non-hydrogen) atoms. The standard InChI is InChI=1S/C28H25N3O7S2/c1-18-8-13-22(15-24(18)31(33)34)40(35,36)38-20-11-9-19(10-12-20)16-30-28-26(23-6-2-3-7-25(23)39-28)27(32)29-17-21-5-4-14-37-21/h4-5,8-16H,2-3,6-7,17H2,1H3,(H,29,32). The van der Waals surface area contributed by atoms with E-state index in [1.54, 1.807) is 36.7 Å². The normalized spacial score (nSPS) is 13.2. The number of nitrogens with zero attached hydrogens (tertiary/aromatic N) is 2. The van der Waals surface area contributed by atoms with Crippen molar-refractivity contribution in [2.45, 2.75) is 44.0 Å². The van der Waals surface area contributed by atoms with Crippen LogP contribution in [0.1, 0.15) is 50.5 Å². The van der Waals surface area contributed by atoms with Crippen molar-refractivity contribution in [3.63, 3.8) is 0 Å². The average molecular weight is 580 g/mol. The van der Waals surface area contributed by atoms with Gasteiger partial charge in [-0.15, -0.1) is 11.3 Å². The highest BCUT2D eigenvalue weighted by Gasteiger charge is 2.25. The molecule has 1 N–H and O–H groups in total. The Morgan fingerprint density at radius 2 is 1.95 bits per heavy atom. The van der Waals surface area contributed by atoms with Gasteiger partial charge < -0.3 is 13.9 Å². The third-order valence-electron chi connectivity index (χ3n) is 6.47. The molecule has 0 bridgehead atoms. The molecule has 1 amide bonds. The maximum atomic E-state index is 13.1. The highest BCUT2D eigenvalue weighted by Crippen LogP contribution is 2.40. The molecule has 0 atom stereocenters. The molecule has 206 valence electrons. The van der Waals surface area contributed by atoms with E-state index in [0.717, 1.165) is 37.3 Å². The molecule has 1 aliphatic carbocycles. The van der Waals surface area contributed by atoms with Crippen molar-refractivity contribution >= 4 is 44.3 Å². The Kier molecular flexibility index (Phi) is 7.81.